The molecule has 0 aliphatic heterocycles. The summed E-state index contributed by atoms with van der Waals surface area (Å²) in [6, 6.07) is 3.95. The zero-order valence-corrected chi connectivity index (χ0v) is 9.89. The molecule has 14 heavy (non-hydrogen) atoms. The lowest BCUT2D eigenvalue weighted by Crippen LogP contribution is -2.05. The molecule has 1 N–H and O–H groups in total. The van der Waals surface area contributed by atoms with E-state index >= 15 is 0 Å². The predicted octanol–water partition coefficient (Wildman–Crippen LogP) is 2.95. The van der Waals surface area contributed by atoms with Gasteiger partial charge in [-0.2, -0.15) is 0 Å². The summed E-state index contributed by atoms with van der Waals surface area (Å²) in [5.41, 5.74) is 3.10. The predicted molar refractivity (Wildman–Crippen MR) is 59.6 cm³/mol. The van der Waals surface area contributed by atoms with Crippen molar-refractivity contribution in [1.29, 1.82) is 0 Å². The van der Waals surface area contributed by atoms with Crippen LogP contribution in [0.25, 0.3) is 0 Å². The van der Waals surface area contributed by atoms with Gasteiger partial charge in [0.05, 0.1) is 6.42 Å². The van der Waals surface area contributed by atoms with E-state index in [0.717, 1.165) is 27.6 Å². The lowest BCUT2D eigenvalue weighted by atomic mass is 9.97. The van der Waals surface area contributed by atoms with Gasteiger partial charge in [0.1, 0.15) is 0 Å². The molecule has 0 saturated carbocycles. The number of aryl methyl sites for hydroxylation is 2. The molecule has 0 heterocycles. The number of hydrogen-bond donors (Lipinski definition) is 1. The molecule has 0 aliphatic rings. The van der Waals surface area contributed by atoms with Gasteiger partial charge in [0.15, 0.2) is 0 Å². The van der Waals surface area contributed by atoms with Crippen molar-refractivity contribution in [2.75, 3.05) is 0 Å². The van der Waals surface area contributed by atoms with Gasteiger partial charge in [-0.1, -0.05) is 22.9 Å². The first-order valence-corrected chi connectivity index (χ1v) is 5.33. The number of aliphatic carboxylic acids is 1. The molecule has 0 spiro atoms. The average molecular weight is 257 g/mol. The van der Waals surface area contributed by atoms with E-state index in [2.05, 4.69) is 15.9 Å². The van der Waals surface area contributed by atoms with Gasteiger partial charge in [-0.25, -0.2) is 0 Å². The molecule has 0 fully saturated rings. The molecule has 0 amide bonds. The Morgan fingerprint density at radius 2 is 2.14 bits per heavy atom. The summed E-state index contributed by atoms with van der Waals surface area (Å²) in [6.07, 6.45) is 0.977. The third-order valence-corrected chi connectivity index (χ3v) is 2.70. The van der Waals surface area contributed by atoms with Crippen LogP contribution >= 0.6 is 15.9 Å². The van der Waals surface area contributed by atoms with Crippen molar-refractivity contribution in [3.63, 3.8) is 0 Å². The highest BCUT2D eigenvalue weighted by atomic mass is 79.9. The first-order chi connectivity index (χ1) is 6.54. The highest BCUT2D eigenvalue weighted by molar-refractivity contribution is 9.10. The minimum absolute atomic E-state index is 0.113. The SMILES string of the molecule is CCc1cc(Br)cc(C)c1CC(=O)O. The van der Waals surface area contributed by atoms with Crippen molar-refractivity contribution < 1.29 is 9.90 Å². The molecule has 0 aliphatic carbocycles. The Kier molecular flexibility index (Phi) is 3.69. The maximum absolute atomic E-state index is 10.7. The Hall–Kier alpha value is -0.830. The van der Waals surface area contributed by atoms with E-state index in [1.54, 1.807) is 0 Å². The molecule has 0 unspecified atom stereocenters. The van der Waals surface area contributed by atoms with E-state index < -0.39 is 5.97 Å². The van der Waals surface area contributed by atoms with Crippen LogP contribution in [-0.4, -0.2) is 11.1 Å². The highest BCUT2D eigenvalue weighted by Gasteiger charge is 2.09. The molecule has 1 aromatic carbocycles. The fraction of sp³-hybridized carbons (Fsp3) is 0.364. The van der Waals surface area contributed by atoms with Crippen molar-refractivity contribution in [1.82, 2.24) is 0 Å². The van der Waals surface area contributed by atoms with E-state index in [4.69, 9.17) is 5.11 Å². The molecule has 1 aromatic rings. The normalized spacial score (nSPS) is 10.2. The third-order valence-electron chi connectivity index (χ3n) is 2.24. The van der Waals surface area contributed by atoms with Crippen LogP contribution in [0.4, 0.5) is 0 Å². The van der Waals surface area contributed by atoms with Crippen molar-refractivity contribution >= 4 is 21.9 Å². The molecule has 0 bridgehead atoms. The number of carboxylic acids is 1. The standard InChI is InChI=1S/C11H13BrO2/c1-3-8-5-9(12)4-7(2)10(8)6-11(13)14/h4-5H,3,6H2,1-2H3,(H,13,14). The van der Waals surface area contributed by atoms with Crippen molar-refractivity contribution in [2.24, 2.45) is 0 Å². The van der Waals surface area contributed by atoms with Crippen molar-refractivity contribution in [2.45, 2.75) is 26.7 Å². The Labute approximate surface area is 92.1 Å². The van der Waals surface area contributed by atoms with Gasteiger partial charge in [0.2, 0.25) is 0 Å². The van der Waals surface area contributed by atoms with Crippen LogP contribution in [0.5, 0.6) is 0 Å². The first-order valence-electron chi connectivity index (χ1n) is 4.54. The summed E-state index contributed by atoms with van der Waals surface area (Å²) in [5, 5.41) is 8.77. The third kappa shape index (κ3) is 2.58. The van der Waals surface area contributed by atoms with Crippen LogP contribution in [0.2, 0.25) is 0 Å². The molecular weight excluding hydrogens is 244 g/mol. The van der Waals surface area contributed by atoms with E-state index in [-0.39, 0.29) is 6.42 Å². The van der Waals surface area contributed by atoms with Gasteiger partial charge in [-0.15, -0.1) is 0 Å². The largest absolute Gasteiger partial charge is 0.481 e. The summed E-state index contributed by atoms with van der Waals surface area (Å²) >= 11 is 3.41. The Morgan fingerprint density at radius 1 is 1.50 bits per heavy atom. The van der Waals surface area contributed by atoms with Gasteiger partial charge >= 0.3 is 5.97 Å². The van der Waals surface area contributed by atoms with Gasteiger partial charge in [0.25, 0.3) is 0 Å². The molecule has 0 saturated heterocycles. The summed E-state index contributed by atoms with van der Waals surface area (Å²) in [6.45, 7) is 3.98. The monoisotopic (exact) mass is 256 g/mol. The second-order valence-electron chi connectivity index (χ2n) is 3.28. The van der Waals surface area contributed by atoms with Crippen LogP contribution in [-0.2, 0) is 17.6 Å². The van der Waals surface area contributed by atoms with Crippen LogP contribution < -0.4 is 0 Å². The van der Waals surface area contributed by atoms with E-state index in [9.17, 15) is 4.79 Å². The zero-order valence-electron chi connectivity index (χ0n) is 8.30. The number of halogens is 1. The molecule has 1 rings (SSSR count). The molecule has 3 heteroatoms. The molecular formula is C11H13BrO2. The van der Waals surface area contributed by atoms with Crippen LogP contribution in [0.15, 0.2) is 16.6 Å². The van der Waals surface area contributed by atoms with Crippen LogP contribution in [0.3, 0.4) is 0 Å². The molecule has 76 valence electrons. The quantitative estimate of drug-likeness (QED) is 0.903. The van der Waals surface area contributed by atoms with Crippen LogP contribution in [0, 0.1) is 6.92 Å². The lowest BCUT2D eigenvalue weighted by molar-refractivity contribution is -0.136. The molecule has 2 nitrogen and oxygen atoms in total. The van der Waals surface area contributed by atoms with Gasteiger partial charge in [-0.3, -0.25) is 4.79 Å². The lowest BCUT2D eigenvalue weighted by Gasteiger charge is -2.10. The Morgan fingerprint density at radius 3 is 2.64 bits per heavy atom. The fourth-order valence-electron chi connectivity index (χ4n) is 1.56. The summed E-state index contributed by atoms with van der Waals surface area (Å²) < 4.78 is 1.01. The molecule has 0 radical (unpaired) electrons. The van der Waals surface area contributed by atoms with E-state index in [1.807, 2.05) is 26.0 Å². The van der Waals surface area contributed by atoms with Crippen molar-refractivity contribution in [3.05, 3.63) is 33.3 Å². The first kappa shape index (κ1) is 11.2. The van der Waals surface area contributed by atoms with Gasteiger partial charge in [0, 0.05) is 4.47 Å². The number of carbonyl (C=O) groups is 1. The second kappa shape index (κ2) is 4.60. The number of rotatable bonds is 3. The topological polar surface area (TPSA) is 37.3 Å². The average Bonchev–Trinajstić information content (AvgIpc) is 2.08. The highest BCUT2D eigenvalue weighted by Crippen LogP contribution is 2.22. The minimum Gasteiger partial charge on any atom is -0.481 e. The Bertz CT molecular complexity index is 359. The fourth-order valence-corrected chi connectivity index (χ4v) is 2.18. The molecule has 0 atom stereocenters. The summed E-state index contributed by atoms with van der Waals surface area (Å²) in [4.78, 5) is 10.7. The number of benzene rings is 1. The molecule has 0 aromatic heterocycles. The Balaban J connectivity index is 3.18. The smallest absolute Gasteiger partial charge is 0.307 e. The van der Waals surface area contributed by atoms with E-state index in [0.29, 0.717) is 0 Å². The van der Waals surface area contributed by atoms with Gasteiger partial charge < -0.3 is 5.11 Å². The number of hydrogen-bond acceptors (Lipinski definition) is 1. The van der Waals surface area contributed by atoms with Crippen molar-refractivity contribution in [3.8, 4) is 0 Å². The second-order valence-corrected chi connectivity index (χ2v) is 4.20. The number of carboxylic acid groups (broad SMARTS) is 1. The van der Waals surface area contributed by atoms with Gasteiger partial charge in [-0.05, 0) is 42.2 Å². The zero-order chi connectivity index (χ0) is 10.7. The summed E-state index contributed by atoms with van der Waals surface area (Å²) in [5.74, 6) is -0.773. The maximum Gasteiger partial charge on any atom is 0.307 e. The van der Waals surface area contributed by atoms with E-state index in [1.165, 1.54) is 0 Å². The van der Waals surface area contributed by atoms with Crippen LogP contribution in [0.1, 0.15) is 23.6 Å². The maximum atomic E-state index is 10.7. The summed E-state index contributed by atoms with van der Waals surface area (Å²) in [7, 11) is 0. The minimum atomic E-state index is -0.773.